The second-order valence-corrected chi connectivity index (χ2v) is 7.72. The maximum Gasteiger partial charge on any atom is 0.245 e. The highest BCUT2D eigenvalue weighted by Gasteiger charge is 2.50. The van der Waals surface area contributed by atoms with Crippen LogP contribution in [-0.4, -0.2) is 63.3 Å². The standard InChI is InChI=1S/C18H25N5O2/c1-13(24)23-7-2-3-15(23)17(25)22-8-5-18(11-22)9-14(10-18)21-16-4-6-19-12-20-16/h4,6,12,14-15H,2-3,5,7-11H2,1H3,(H,19,20,21)/t14?,15-,18?/m0/s1. The van der Waals surface area contributed by atoms with Crippen molar-refractivity contribution in [2.75, 3.05) is 25.0 Å². The summed E-state index contributed by atoms with van der Waals surface area (Å²) in [6.45, 7) is 3.93. The molecule has 3 fully saturated rings. The summed E-state index contributed by atoms with van der Waals surface area (Å²) in [6.07, 6.45) is 8.23. The molecule has 2 aliphatic heterocycles. The lowest BCUT2D eigenvalue weighted by molar-refractivity contribution is -0.142. The summed E-state index contributed by atoms with van der Waals surface area (Å²) in [7, 11) is 0. The molecule has 1 N–H and O–H groups in total. The molecule has 0 radical (unpaired) electrons. The van der Waals surface area contributed by atoms with Gasteiger partial charge in [-0.15, -0.1) is 0 Å². The third-order valence-corrected chi connectivity index (χ3v) is 5.99. The van der Waals surface area contributed by atoms with E-state index in [1.54, 1.807) is 24.3 Å². The molecule has 1 aromatic rings. The first-order chi connectivity index (χ1) is 12.1. The molecular formula is C18H25N5O2. The average molecular weight is 343 g/mol. The molecule has 1 atom stereocenters. The van der Waals surface area contributed by atoms with Crippen molar-refractivity contribution in [1.29, 1.82) is 0 Å². The largest absolute Gasteiger partial charge is 0.367 e. The van der Waals surface area contributed by atoms with E-state index in [-0.39, 0.29) is 23.3 Å². The van der Waals surface area contributed by atoms with Gasteiger partial charge in [0.1, 0.15) is 18.2 Å². The number of hydrogen-bond donors (Lipinski definition) is 1. The Morgan fingerprint density at radius 3 is 2.88 bits per heavy atom. The van der Waals surface area contributed by atoms with Gasteiger partial charge in [-0.25, -0.2) is 9.97 Å². The Morgan fingerprint density at radius 1 is 1.32 bits per heavy atom. The molecule has 1 aromatic heterocycles. The van der Waals surface area contributed by atoms with Crippen molar-refractivity contribution in [3.63, 3.8) is 0 Å². The second kappa shape index (κ2) is 6.28. The van der Waals surface area contributed by atoms with Crippen molar-refractivity contribution in [2.24, 2.45) is 5.41 Å². The fraction of sp³-hybridized carbons (Fsp3) is 0.667. The highest BCUT2D eigenvalue weighted by atomic mass is 16.2. The van der Waals surface area contributed by atoms with Crippen LogP contribution in [0.1, 0.15) is 39.0 Å². The zero-order chi connectivity index (χ0) is 17.4. The predicted octanol–water partition coefficient (Wildman–Crippen LogP) is 1.28. The van der Waals surface area contributed by atoms with Crippen molar-refractivity contribution < 1.29 is 9.59 Å². The van der Waals surface area contributed by atoms with E-state index in [4.69, 9.17) is 0 Å². The van der Waals surface area contributed by atoms with Gasteiger partial charge in [0.05, 0.1) is 0 Å². The van der Waals surface area contributed by atoms with E-state index in [1.807, 2.05) is 11.0 Å². The van der Waals surface area contributed by atoms with E-state index in [2.05, 4.69) is 15.3 Å². The number of likely N-dealkylation sites (tertiary alicyclic amines) is 2. The summed E-state index contributed by atoms with van der Waals surface area (Å²) >= 11 is 0. The lowest BCUT2D eigenvalue weighted by atomic mass is 9.65. The second-order valence-electron chi connectivity index (χ2n) is 7.72. The average Bonchev–Trinajstić information content (AvgIpc) is 3.22. The molecule has 134 valence electrons. The van der Waals surface area contributed by atoms with Gasteiger partial charge < -0.3 is 15.1 Å². The number of aromatic nitrogens is 2. The summed E-state index contributed by atoms with van der Waals surface area (Å²) in [6, 6.07) is 2.07. The molecule has 25 heavy (non-hydrogen) atoms. The molecule has 1 spiro atoms. The van der Waals surface area contributed by atoms with E-state index < -0.39 is 0 Å². The Morgan fingerprint density at radius 2 is 2.16 bits per heavy atom. The van der Waals surface area contributed by atoms with Crippen LogP contribution in [0, 0.1) is 5.41 Å². The fourth-order valence-corrected chi connectivity index (χ4v) is 4.74. The zero-order valence-corrected chi connectivity index (χ0v) is 14.6. The third kappa shape index (κ3) is 3.07. The quantitative estimate of drug-likeness (QED) is 0.894. The first-order valence-corrected chi connectivity index (χ1v) is 9.15. The maximum absolute atomic E-state index is 12.9. The number of amides is 2. The number of nitrogens with one attached hydrogen (secondary N) is 1. The summed E-state index contributed by atoms with van der Waals surface area (Å²) in [5, 5.41) is 3.44. The monoisotopic (exact) mass is 343 g/mol. The van der Waals surface area contributed by atoms with Crippen LogP contribution in [0.15, 0.2) is 18.6 Å². The minimum absolute atomic E-state index is 0.0162. The molecule has 7 heteroatoms. The van der Waals surface area contributed by atoms with Gasteiger partial charge in [0.25, 0.3) is 0 Å². The Kier molecular flexibility index (Phi) is 4.09. The van der Waals surface area contributed by atoms with Crippen LogP contribution < -0.4 is 5.32 Å². The van der Waals surface area contributed by atoms with Gasteiger partial charge in [-0.3, -0.25) is 9.59 Å². The van der Waals surface area contributed by atoms with Crippen molar-refractivity contribution >= 4 is 17.6 Å². The number of carbonyl (C=O) groups is 2. The van der Waals surface area contributed by atoms with Crippen molar-refractivity contribution in [3.8, 4) is 0 Å². The van der Waals surface area contributed by atoms with Gasteiger partial charge in [0.2, 0.25) is 11.8 Å². The summed E-state index contributed by atoms with van der Waals surface area (Å²) in [4.78, 5) is 36.5. The van der Waals surface area contributed by atoms with Crippen LogP contribution >= 0.6 is 0 Å². The molecule has 3 heterocycles. The fourth-order valence-electron chi connectivity index (χ4n) is 4.74. The Balaban J connectivity index is 1.32. The molecular weight excluding hydrogens is 318 g/mol. The lowest BCUT2D eigenvalue weighted by Crippen LogP contribution is -2.50. The van der Waals surface area contributed by atoms with Crippen molar-refractivity contribution in [2.45, 2.75) is 51.1 Å². The molecule has 2 saturated heterocycles. The predicted molar refractivity (Wildman–Crippen MR) is 92.7 cm³/mol. The number of hydrogen-bond acceptors (Lipinski definition) is 5. The van der Waals surface area contributed by atoms with Crippen LogP contribution in [0.2, 0.25) is 0 Å². The number of rotatable bonds is 3. The number of nitrogens with zero attached hydrogens (tertiary/aromatic N) is 4. The Bertz CT molecular complexity index is 659. The Labute approximate surface area is 147 Å². The highest BCUT2D eigenvalue weighted by Crippen LogP contribution is 2.49. The van der Waals surface area contributed by atoms with E-state index in [9.17, 15) is 9.59 Å². The number of anilines is 1. The molecule has 2 amide bonds. The van der Waals surface area contributed by atoms with Gasteiger partial charge in [-0.1, -0.05) is 0 Å². The van der Waals surface area contributed by atoms with Gasteiger partial charge in [-0.05, 0) is 43.6 Å². The van der Waals surface area contributed by atoms with E-state index >= 15 is 0 Å². The Hall–Kier alpha value is -2.18. The van der Waals surface area contributed by atoms with Crippen LogP contribution in [-0.2, 0) is 9.59 Å². The van der Waals surface area contributed by atoms with Crippen molar-refractivity contribution in [1.82, 2.24) is 19.8 Å². The molecule has 0 bridgehead atoms. The van der Waals surface area contributed by atoms with E-state index in [0.29, 0.717) is 6.04 Å². The van der Waals surface area contributed by atoms with E-state index in [1.165, 1.54) is 0 Å². The normalized spacial score (nSPS) is 31.2. The summed E-state index contributed by atoms with van der Waals surface area (Å²) in [5.41, 5.74) is 0.250. The van der Waals surface area contributed by atoms with E-state index in [0.717, 1.165) is 57.6 Å². The lowest BCUT2D eigenvalue weighted by Gasteiger charge is -2.45. The maximum atomic E-state index is 12.9. The first kappa shape index (κ1) is 16.3. The molecule has 1 saturated carbocycles. The van der Waals surface area contributed by atoms with Gasteiger partial charge in [0.15, 0.2) is 0 Å². The van der Waals surface area contributed by atoms with Crippen molar-refractivity contribution in [3.05, 3.63) is 18.6 Å². The van der Waals surface area contributed by atoms with Crippen LogP contribution in [0.4, 0.5) is 5.82 Å². The van der Waals surface area contributed by atoms with Gasteiger partial charge in [-0.2, -0.15) is 0 Å². The minimum Gasteiger partial charge on any atom is -0.367 e. The molecule has 3 aliphatic rings. The topological polar surface area (TPSA) is 78.4 Å². The molecule has 1 aliphatic carbocycles. The zero-order valence-electron chi connectivity index (χ0n) is 14.6. The molecule has 0 unspecified atom stereocenters. The van der Waals surface area contributed by atoms with Crippen LogP contribution in [0.5, 0.6) is 0 Å². The SMILES string of the molecule is CC(=O)N1CCC[C@H]1C(=O)N1CCC2(CC(Nc3ccncn3)C2)C1. The first-order valence-electron chi connectivity index (χ1n) is 9.15. The minimum atomic E-state index is -0.234. The molecule has 4 rings (SSSR count). The number of carbonyl (C=O) groups excluding carboxylic acids is 2. The molecule has 0 aromatic carbocycles. The van der Waals surface area contributed by atoms with Gasteiger partial charge in [0, 0.05) is 38.8 Å². The third-order valence-electron chi connectivity index (χ3n) is 5.99. The summed E-state index contributed by atoms with van der Waals surface area (Å²) in [5.74, 6) is 1.03. The smallest absolute Gasteiger partial charge is 0.245 e. The van der Waals surface area contributed by atoms with Crippen LogP contribution in [0.3, 0.4) is 0 Å². The van der Waals surface area contributed by atoms with Gasteiger partial charge >= 0.3 is 0 Å². The summed E-state index contributed by atoms with van der Waals surface area (Å²) < 4.78 is 0. The highest BCUT2D eigenvalue weighted by molar-refractivity contribution is 5.87. The molecule has 7 nitrogen and oxygen atoms in total. The van der Waals surface area contributed by atoms with Crippen LogP contribution in [0.25, 0.3) is 0 Å².